The van der Waals surface area contributed by atoms with Gasteiger partial charge >= 0.3 is 0 Å². The first-order valence-corrected chi connectivity index (χ1v) is 5.68. The molecule has 0 saturated carbocycles. The third-order valence-corrected chi connectivity index (χ3v) is 2.54. The van der Waals surface area contributed by atoms with Crippen LogP contribution >= 0.6 is 0 Å². The van der Waals surface area contributed by atoms with Gasteiger partial charge in [0.15, 0.2) is 0 Å². The molecule has 19 heavy (non-hydrogen) atoms. The molecule has 0 aliphatic heterocycles. The number of anilines is 3. The summed E-state index contributed by atoms with van der Waals surface area (Å²) in [4.78, 5) is 12.0. The van der Waals surface area contributed by atoms with Gasteiger partial charge in [-0.1, -0.05) is 0 Å². The maximum Gasteiger partial charge on any atom is 0.255 e. The number of hydrogen-bond donors (Lipinski definition) is 3. The predicted molar refractivity (Wildman–Crippen MR) is 74.4 cm³/mol. The zero-order valence-electron chi connectivity index (χ0n) is 10.4. The second kappa shape index (κ2) is 4.97. The molecule has 98 valence electrons. The Morgan fingerprint density at radius 2 is 1.68 bits per heavy atom. The number of benzene rings is 2. The maximum absolute atomic E-state index is 13.2. The largest absolute Gasteiger partial charge is 0.399 e. The number of hydrogen-bond acceptors (Lipinski definition) is 3. The van der Waals surface area contributed by atoms with E-state index in [1.54, 1.807) is 19.1 Å². The molecule has 2 aromatic rings. The number of amides is 1. The minimum absolute atomic E-state index is 0.333. The summed E-state index contributed by atoms with van der Waals surface area (Å²) in [6, 6.07) is 8.89. The van der Waals surface area contributed by atoms with Crippen LogP contribution in [0, 0.1) is 12.7 Å². The number of aryl methyl sites for hydroxylation is 1. The topological polar surface area (TPSA) is 81.1 Å². The first-order chi connectivity index (χ1) is 8.94. The Bertz CT molecular complexity index is 600. The standard InChI is InChI=1S/C14H14FN3O/c1-8-2-10(15)6-13(3-8)18-14(19)9-4-11(16)7-12(17)5-9/h2-7H,16-17H2,1H3,(H,18,19). The summed E-state index contributed by atoms with van der Waals surface area (Å²) >= 11 is 0. The fourth-order valence-corrected chi connectivity index (χ4v) is 1.82. The molecule has 0 atom stereocenters. The molecule has 0 saturated heterocycles. The molecule has 0 unspecified atom stereocenters. The second-order valence-electron chi connectivity index (χ2n) is 4.36. The molecule has 0 aliphatic rings. The van der Waals surface area contributed by atoms with Crippen LogP contribution in [0.25, 0.3) is 0 Å². The minimum atomic E-state index is -0.401. The van der Waals surface area contributed by atoms with E-state index in [2.05, 4.69) is 5.32 Å². The number of nitrogens with one attached hydrogen (secondary N) is 1. The number of rotatable bonds is 2. The molecule has 0 aromatic heterocycles. The van der Waals surface area contributed by atoms with Crippen molar-refractivity contribution in [3.05, 3.63) is 53.3 Å². The number of nitrogen functional groups attached to an aromatic ring is 2. The molecule has 5 heteroatoms. The van der Waals surface area contributed by atoms with Crippen molar-refractivity contribution in [1.82, 2.24) is 0 Å². The lowest BCUT2D eigenvalue weighted by atomic mass is 10.1. The van der Waals surface area contributed by atoms with Gasteiger partial charge in [-0.25, -0.2) is 4.39 Å². The van der Waals surface area contributed by atoms with Gasteiger partial charge in [0.05, 0.1) is 0 Å². The molecule has 5 N–H and O–H groups in total. The van der Waals surface area contributed by atoms with Gasteiger partial charge in [0.1, 0.15) is 5.82 Å². The molecule has 0 fully saturated rings. The molecule has 0 heterocycles. The van der Waals surface area contributed by atoms with Crippen LogP contribution in [-0.2, 0) is 0 Å². The van der Waals surface area contributed by atoms with Crippen molar-refractivity contribution in [3.63, 3.8) is 0 Å². The first kappa shape index (κ1) is 12.9. The van der Waals surface area contributed by atoms with Gasteiger partial charge in [0.2, 0.25) is 0 Å². The smallest absolute Gasteiger partial charge is 0.255 e. The van der Waals surface area contributed by atoms with Crippen LogP contribution in [-0.4, -0.2) is 5.91 Å². The van der Waals surface area contributed by atoms with Gasteiger partial charge in [0.25, 0.3) is 5.91 Å². The highest BCUT2D eigenvalue weighted by molar-refractivity contribution is 6.05. The summed E-state index contributed by atoms with van der Waals surface area (Å²) in [5.74, 6) is -0.786. The van der Waals surface area contributed by atoms with Gasteiger partial charge in [-0.05, 0) is 48.9 Å². The van der Waals surface area contributed by atoms with Crippen molar-refractivity contribution in [2.45, 2.75) is 6.92 Å². The summed E-state index contributed by atoms with van der Waals surface area (Å²) in [5.41, 5.74) is 13.5. The minimum Gasteiger partial charge on any atom is -0.399 e. The third kappa shape index (κ3) is 3.22. The van der Waals surface area contributed by atoms with E-state index in [0.717, 1.165) is 5.56 Å². The molecule has 0 spiro atoms. The molecule has 4 nitrogen and oxygen atoms in total. The van der Waals surface area contributed by atoms with E-state index >= 15 is 0 Å². The van der Waals surface area contributed by atoms with Crippen LogP contribution in [0.3, 0.4) is 0 Å². The Hall–Kier alpha value is -2.56. The maximum atomic E-state index is 13.2. The number of nitrogens with two attached hydrogens (primary N) is 2. The number of halogens is 1. The lowest BCUT2D eigenvalue weighted by molar-refractivity contribution is 0.102. The van der Waals surface area contributed by atoms with Gasteiger partial charge < -0.3 is 16.8 Å². The Balaban J connectivity index is 2.25. The van der Waals surface area contributed by atoms with Crippen LogP contribution in [0.1, 0.15) is 15.9 Å². The number of carbonyl (C=O) groups is 1. The average Bonchev–Trinajstić information content (AvgIpc) is 2.25. The van der Waals surface area contributed by atoms with E-state index < -0.39 is 5.82 Å². The summed E-state index contributed by atoms with van der Waals surface area (Å²) in [6.07, 6.45) is 0. The van der Waals surface area contributed by atoms with Crippen LogP contribution in [0.4, 0.5) is 21.5 Å². The van der Waals surface area contributed by atoms with Crippen molar-refractivity contribution >= 4 is 23.0 Å². The van der Waals surface area contributed by atoms with E-state index in [0.29, 0.717) is 22.6 Å². The van der Waals surface area contributed by atoms with E-state index in [4.69, 9.17) is 11.5 Å². The van der Waals surface area contributed by atoms with Crippen molar-refractivity contribution in [2.75, 3.05) is 16.8 Å². The molecule has 0 bridgehead atoms. The quantitative estimate of drug-likeness (QED) is 0.725. The van der Waals surface area contributed by atoms with Crippen molar-refractivity contribution in [1.29, 1.82) is 0 Å². The SMILES string of the molecule is Cc1cc(F)cc(NC(=O)c2cc(N)cc(N)c2)c1. The zero-order valence-corrected chi connectivity index (χ0v) is 10.4. The molecular weight excluding hydrogens is 245 g/mol. The fourth-order valence-electron chi connectivity index (χ4n) is 1.82. The van der Waals surface area contributed by atoms with Crippen LogP contribution in [0.5, 0.6) is 0 Å². The van der Waals surface area contributed by atoms with Crippen molar-refractivity contribution in [3.8, 4) is 0 Å². The summed E-state index contributed by atoms with van der Waals surface area (Å²) < 4.78 is 13.2. The highest BCUT2D eigenvalue weighted by Gasteiger charge is 2.08. The van der Waals surface area contributed by atoms with E-state index in [1.807, 2.05) is 0 Å². The number of carbonyl (C=O) groups excluding carboxylic acids is 1. The van der Waals surface area contributed by atoms with Crippen LogP contribution < -0.4 is 16.8 Å². The Labute approximate surface area is 110 Å². The predicted octanol–water partition coefficient (Wildman–Crippen LogP) is 2.55. The second-order valence-corrected chi connectivity index (χ2v) is 4.36. The Kier molecular flexibility index (Phi) is 3.37. The highest BCUT2D eigenvalue weighted by Crippen LogP contribution is 2.17. The summed E-state index contributed by atoms with van der Waals surface area (Å²) in [7, 11) is 0. The summed E-state index contributed by atoms with van der Waals surface area (Å²) in [5, 5.41) is 2.60. The molecular formula is C14H14FN3O. The van der Waals surface area contributed by atoms with E-state index in [9.17, 15) is 9.18 Å². The van der Waals surface area contributed by atoms with Gasteiger partial charge in [-0.3, -0.25) is 4.79 Å². The van der Waals surface area contributed by atoms with E-state index in [1.165, 1.54) is 24.3 Å². The van der Waals surface area contributed by atoms with Gasteiger partial charge in [0, 0.05) is 22.6 Å². The van der Waals surface area contributed by atoms with E-state index in [-0.39, 0.29) is 5.91 Å². The monoisotopic (exact) mass is 259 g/mol. The lowest BCUT2D eigenvalue weighted by Gasteiger charge is -2.08. The van der Waals surface area contributed by atoms with Gasteiger partial charge in [-0.15, -0.1) is 0 Å². The molecule has 2 aromatic carbocycles. The Morgan fingerprint density at radius 1 is 1.05 bits per heavy atom. The average molecular weight is 259 g/mol. The Morgan fingerprint density at radius 3 is 2.26 bits per heavy atom. The lowest BCUT2D eigenvalue weighted by Crippen LogP contribution is -2.13. The van der Waals surface area contributed by atoms with Gasteiger partial charge in [-0.2, -0.15) is 0 Å². The zero-order chi connectivity index (χ0) is 14.0. The normalized spacial score (nSPS) is 10.2. The first-order valence-electron chi connectivity index (χ1n) is 5.68. The third-order valence-electron chi connectivity index (χ3n) is 2.54. The summed E-state index contributed by atoms with van der Waals surface area (Å²) in [6.45, 7) is 1.75. The molecule has 2 rings (SSSR count). The highest BCUT2D eigenvalue weighted by atomic mass is 19.1. The molecule has 1 amide bonds. The van der Waals surface area contributed by atoms with Crippen LogP contribution in [0.15, 0.2) is 36.4 Å². The van der Waals surface area contributed by atoms with Crippen molar-refractivity contribution < 1.29 is 9.18 Å². The van der Waals surface area contributed by atoms with Crippen molar-refractivity contribution in [2.24, 2.45) is 0 Å². The molecule has 0 aliphatic carbocycles. The molecule has 0 radical (unpaired) electrons. The van der Waals surface area contributed by atoms with Crippen LogP contribution in [0.2, 0.25) is 0 Å². The fraction of sp³-hybridized carbons (Fsp3) is 0.0714.